The van der Waals surface area contributed by atoms with Gasteiger partial charge in [-0.3, -0.25) is 0 Å². The number of rotatable bonds is 12. The number of methoxy groups -OCH3 is 1. The summed E-state index contributed by atoms with van der Waals surface area (Å²) in [7, 11) is -1.69. The van der Waals surface area contributed by atoms with Crippen LogP contribution >= 0.6 is 11.6 Å². The lowest BCUT2D eigenvalue weighted by Gasteiger charge is -2.08. The van der Waals surface area contributed by atoms with Crippen molar-refractivity contribution in [2.75, 3.05) is 39.2 Å². The van der Waals surface area contributed by atoms with E-state index in [1.165, 1.54) is 0 Å². The van der Waals surface area contributed by atoms with Crippen molar-refractivity contribution in [1.82, 2.24) is 4.72 Å². The highest BCUT2D eigenvalue weighted by molar-refractivity contribution is 7.89. The molecule has 0 aliphatic carbocycles. The van der Waals surface area contributed by atoms with Crippen LogP contribution in [0.2, 0.25) is 5.02 Å². The largest absolute Gasteiger partial charge is 0.382 e. The summed E-state index contributed by atoms with van der Waals surface area (Å²) in [5.41, 5.74) is 1.10. The Hall–Kier alpha value is -0.660. The number of hydrogen-bond donors (Lipinski definition) is 1. The van der Waals surface area contributed by atoms with Crippen LogP contribution in [0, 0.1) is 0 Å². The fourth-order valence-corrected chi connectivity index (χ4v) is 3.02. The molecule has 0 atom stereocenters. The van der Waals surface area contributed by atoms with Gasteiger partial charge in [-0.05, 0) is 30.9 Å². The van der Waals surface area contributed by atoms with Crippen molar-refractivity contribution in [1.29, 1.82) is 0 Å². The summed E-state index contributed by atoms with van der Waals surface area (Å²) in [5, 5.41) is 0.760. The first-order valence-corrected chi connectivity index (χ1v) is 9.35. The summed E-state index contributed by atoms with van der Waals surface area (Å²) < 4.78 is 36.0. The van der Waals surface area contributed by atoms with E-state index in [-0.39, 0.29) is 12.4 Å². The summed E-state index contributed by atoms with van der Waals surface area (Å²) in [6.45, 7) is 1.49. The summed E-state index contributed by atoms with van der Waals surface area (Å²) in [5.74, 6) is -0.0266. The number of aryl methyl sites for hydroxylation is 1. The smallest absolute Gasteiger partial charge is 0.213 e. The molecular formula is C15H24ClNO4S. The maximum atomic E-state index is 11.7. The normalized spacial score (nSPS) is 11.7. The quantitative estimate of drug-likeness (QED) is 0.588. The van der Waals surface area contributed by atoms with Crippen molar-refractivity contribution in [2.45, 2.75) is 19.3 Å². The molecule has 0 spiro atoms. The lowest BCUT2D eigenvalue weighted by Crippen LogP contribution is -2.29. The zero-order valence-corrected chi connectivity index (χ0v) is 14.5. The molecule has 0 aromatic heterocycles. The lowest BCUT2D eigenvalue weighted by atomic mass is 10.1. The van der Waals surface area contributed by atoms with Crippen LogP contribution in [0.5, 0.6) is 0 Å². The van der Waals surface area contributed by atoms with Gasteiger partial charge >= 0.3 is 0 Å². The van der Waals surface area contributed by atoms with Crippen LogP contribution in [-0.4, -0.2) is 47.6 Å². The molecule has 0 amide bonds. The van der Waals surface area contributed by atoms with E-state index in [1.54, 1.807) is 7.11 Å². The van der Waals surface area contributed by atoms with E-state index in [1.807, 2.05) is 24.3 Å². The second-order valence-corrected chi connectivity index (χ2v) is 7.20. The molecular weight excluding hydrogens is 326 g/mol. The Kier molecular flexibility index (Phi) is 9.66. The molecule has 0 bridgehead atoms. The van der Waals surface area contributed by atoms with Crippen LogP contribution in [0.3, 0.4) is 0 Å². The van der Waals surface area contributed by atoms with Crippen molar-refractivity contribution in [3.05, 3.63) is 34.9 Å². The third-order valence-corrected chi connectivity index (χ3v) is 4.80. The summed E-state index contributed by atoms with van der Waals surface area (Å²) >= 11 is 6.07. The molecule has 0 unspecified atom stereocenters. The number of hydrogen-bond acceptors (Lipinski definition) is 4. The third-order valence-electron chi connectivity index (χ3n) is 3.08. The first-order chi connectivity index (χ1) is 10.5. The van der Waals surface area contributed by atoms with Gasteiger partial charge in [0.15, 0.2) is 0 Å². The molecule has 0 aliphatic heterocycles. The van der Waals surface area contributed by atoms with Gasteiger partial charge in [0, 0.05) is 18.7 Å². The van der Waals surface area contributed by atoms with Crippen LogP contribution in [0.15, 0.2) is 24.3 Å². The zero-order valence-electron chi connectivity index (χ0n) is 12.9. The van der Waals surface area contributed by atoms with Gasteiger partial charge in [-0.15, -0.1) is 0 Å². The van der Waals surface area contributed by atoms with Crippen LogP contribution in [0.25, 0.3) is 0 Å². The predicted octanol–water partition coefficient (Wildman–Crippen LogP) is 2.25. The molecule has 1 aromatic carbocycles. The molecule has 1 aromatic rings. The second kappa shape index (κ2) is 11.0. The van der Waals surface area contributed by atoms with E-state index >= 15 is 0 Å². The topological polar surface area (TPSA) is 64.6 Å². The minimum atomic E-state index is -3.26. The minimum absolute atomic E-state index is 0.0266. The molecule has 126 valence electrons. The summed E-state index contributed by atoms with van der Waals surface area (Å²) in [6, 6.07) is 7.70. The van der Waals surface area contributed by atoms with E-state index < -0.39 is 10.0 Å². The highest BCUT2D eigenvalue weighted by Gasteiger charge is 2.09. The van der Waals surface area contributed by atoms with E-state index in [9.17, 15) is 8.42 Å². The summed E-state index contributed by atoms with van der Waals surface area (Å²) in [4.78, 5) is 0. The van der Waals surface area contributed by atoms with Crippen molar-refractivity contribution in [2.24, 2.45) is 0 Å². The first kappa shape index (κ1) is 19.4. The maximum Gasteiger partial charge on any atom is 0.213 e. The molecule has 0 radical (unpaired) electrons. The number of nitrogens with one attached hydrogen (secondary N) is 1. The Morgan fingerprint density at radius 1 is 1.14 bits per heavy atom. The van der Waals surface area contributed by atoms with Crippen molar-refractivity contribution in [3.8, 4) is 0 Å². The van der Waals surface area contributed by atoms with E-state index in [0.717, 1.165) is 29.8 Å². The number of ether oxygens (including phenoxy) is 2. The molecule has 1 rings (SSSR count). The van der Waals surface area contributed by atoms with Crippen molar-refractivity contribution >= 4 is 21.6 Å². The van der Waals surface area contributed by atoms with E-state index in [0.29, 0.717) is 19.8 Å². The summed E-state index contributed by atoms with van der Waals surface area (Å²) in [6.07, 6.45) is 2.51. The zero-order chi connectivity index (χ0) is 16.3. The third kappa shape index (κ3) is 8.70. The lowest BCUT2D eigenvalue weighted by molar-refractivity contribution is 0.0784. The van der Waals surface area contributed by atoms with Crippen LogP contribution < -0.4 is 4.72 Å². The molecule has 22 heavy (non-hydrogen) atoms. The number of sulfonamides is 1. The number of benzene rings is 1. The average molecular weight is 350 g/mol. The van der Waals surface area contributed by atoms with Gasteiger partial charge in [0.05, 0.1) is 25.6 Å². The van der Waals surface area contributed by atoms with Crippen molar-refractivity contribution in [3.63, 3.8) is 0 Å². The Morgan fingerprint density at radius 3 is 2.64 bits per heavy atom. The molecule has 7 heteroatoms. The van der Waals surface area contributed by atoms with Crippen molar-refractivity contribution < 1.29 is 17.9 Å². The predicted molar refractivity (Wildman–Crippen MR) is 88.9 cm³/mol. The fourth-order valence-electron chi connectivity index (χ4n) is 1.85. The van der Waals surface area contributed by atoms with Gasteiger partial charge in [0.1, 0.15) is 0 Å². The average Bonchev–Trinajstić information content (AvgIpc) is 2.48. The van der Waals surface area contributed by atoms with Crippen LogP contribution in [0.1, 0.15) is 18.4 Å². The molecule has 0 aliphatic rings. The minimum Gasteiger partial charge on any atom is -0.382 e. The highest BCUT2D eigenvalue weighted by atomic mass is 35.5. The van der Waals surface area contributed by atoms with Crippen LogP contribution in [-0.2, 0) is 25.9 Å². The maximum absolute atomic E-state index is 11.7. The fraction of sp³-hybridized carbons (Fsp3) is 0.600. The van der Waals surface area contributed by atoms with Gasteiger partial charge in [-0.1, -0.05) is 29.8 Å². The van der Waals surface area contributed by atoms with Crippen LogP contribution in [0.4, 0.5) is 0 Å². The standard InChI is InChI=1S/C15H24ClNO4S/c1-20-10-11-21-12-13-22(18,19)17-9-5-4-7-14-6-2-3-8-15(14)16/h2-3,6,8,17H,4-5,7,9-13H2,1H3. The Morgan fingerprint density at radius 2 is 1.91 bits per heavy atom. The Bertz CT molecular complexity index is 522. The molecule has 0 saturated heterocycles. The molecule has 5 nitrogen and oxygen atoms in total. The van der Waals surface area contributed by atoms with Gasteiger partial charge in [0.2, 0.25) is 10.0 Å². The SMILES string of the molecule is COCCOCCS(=O)(=O)NCCCCc1ccccc1Cl. The van der Waals surface area contributed by atoms with E-state index in [4.69, 9.17) is 21.1 Å². The van der Waals surface area contributed by atoms with Gasteiger partial charge in [0.25, 0.3) is 0 Å². The molecule has 0 fully saturated rings. The first-order valence-electron chi connectivity index (χ1n) is 7.32. The Balaban J connectivity index is 2.11. The second-order valence-electron chi connectivity index (χ2n) is 4.87. The van der Waals surface area contributed by atoms with Gasteiger partial charge in [-0.25, -0.2) is 13.1 Å². The number of halogens is 1. The molecule has 0 saturated carbocycles. The van der Waals surface area contributed by atoms with Gasteiger partial charge < -0.3 is 9.47 Å². The highest BCUT2D eigenvalue weighted by Crippen LogP contribution is 2.16. The monoisotopic (exact) mass is 349 g/mol. The number of unbranched alkanes of at least 4 members (excludes halogenated alkanes) is 1. The Labute approximate surface area is 138 Å². The van der Waals surface area contributed by atoms with E-state index in [2.05, 4.69) is 4.72 Å². The molecule has 0 heterocycles. The van der Waals surface area contributed by atoms with Gasteiger partial charge in [-0.2, -0.15) is 0 Å². The molecule has 1 N–H and O–H groups in total.